The van der Waals surface area contributed by atoms with Gasteiger partial charge < -0.3 is 15.2 Å². The topological polar surface area (TPSA) is 70.6 Å². The van der Waals surface area contributed by atoms with Crippen LogP contribution in [0, 0.1) is 0 Å². The minimum absolute atomic E-state index is 0.0336. The second-order valence-electron chi connectivity index (χ2n) is 5.08. The van der Waals surface area contributed by atoms with Gasteiger partial charge >= 0.3 is 0 Å². The van der Waals surface area contributed by atoms with Crippen molar-refractivity contribution in [2.24, 2.45) is 0 Å². The molecule has 22 heavy (non-hydrogen) atoms. The molecule has 1 aromatic carbocycles. The average molecular weight is 324 g/mol. The Labute approximate surface area is 137 Å². The zero-order valence-corrected chi connectivity index (χ0v) is 14.1. The molecule has 2 unspecified atom stereocenters. The first-order valence-electron chi connectivity index (χ1n) is 7.49. The predicted octanol–water partition coefficient (Wildman–Crippen LogP) is 2.24. The first kappa shape index (κ1) is 18.4. The molecule has 6 heteroatoms. The van der Waals surface area contributed by atoms with Gasteiger partial charge in [0, 0.05) is 5.56 Å². The van der Waals surface area contributed by atoms with Crippen LogP contribution in [0.1, 0.15) is 44.0 Å². The molecule has 2 atom stereocenters. The van der Waals surface area contributed by atoms with Crippen LogP contribution < -0.4 is 15.4 Å². The summed E-state index contributed by atoms with van der Waals surface area (Å²) < 4.78 is 5.66. The lowest BCUT2D eigenvalue weighted by molar-refractivity contribution is 0.0976. The molecule has 0 aliphatic heterocycles. The van der Waals surface area contributed by atoms with Crippen molar-refractivity contribution in [3.8, 4) is 5.75 Å². The van der Waals surface area contributed by atoms with E-state index in [9.17, 15) is 4.79 Å². The van der Waals surface area contributed by atoms with Crippen LogP contribution in [-0.4, -0.2) is 34.9 Å². The van der Waals surface area contributed by atoms with Gasteiger partial charge in [-0.15, -0.1) is 0 Å². The Bertz CT molecular complexity index is 487. The van der Waals surface area contributed by atoms with Crippen LogP contribution in [0.15, 0.2) is 24.3 Å². The van der Waals surface area contributed by atoms with Crippen molar-refractivity contribution in [1.82, 2.24) is 10.6 Å². The molecule has 0 saturated carbocycles. The number of carbonyl (C=O) groups is 1. The molecular formula is C16H24N2O3S. The first-order valence-corrected chi connectivity index (χ1v) is 7.90. The molecule has 0 saturated heterocycles. The number of aliphatic hydroxyl groups is 1. The third-order valence-corrected chi connectivity index (χ3v) is 3.52. The van der Waals surface area contributed by atoms with Gasteiger partial charge in [-0.25, -0.2) is 0 Å². The molecular weight excluding hydrogens is 300 g/mol. The molecule has 122 valence electrons. The molecule has 1 rings (SSSR count). The average Bonchev–Trinajstić information content (AvgIpc) is 2.52. The zero-order chi connectivity index (χ0) is 16.5. The van der Waals surface area contributed by atoms with Gasteiger partial charge in [0.2, 0.25) is 0 Å². The highest BCUT2D eigenvalue weighted by Gasteiger charge is 2.11. The van der Waals surface area contributed by atoms with Crippen molar-refractivity contribution in [3.63, 3.8) is 0 Å². The van der Waals surface area contributed by atoms with E-state index in [1.165, 1.54) is 0 Å². The summed E-state index contributed by atoms with van der Waals surface area (Å²) in [5.74, 6) is 0.443. The molecule has 0 aliphatic carbocycles. The fraction of sp³-hybridized carbons (Fsp3) is 0.500. The molecule has 0 fully saturated rings. The number of hydrogen-bond donors (Lipinski definition) is 3. The third-order valence-electron chi connectivity index (χ3n) is 3.30. The summed E-state index contributed by atoms with van der Waals surface area (Å²) in [5.41, 5.74) is 0.498. The van der Waals surface area contributed by atoms with E-state index < -0.39 is 0 Å². The molecule has 5 nitrogen and oxygen atoms in total. The van der Waals surface area contributed by atoms with E-state index in [0.717, 1.165) is 12.2 Å². The van der Waals surface area contributed by atoms with Gasteiger partial charge in [-0.1, -0.05) is 13.8 Å². The highest BCUT2D eigenvalue weighted by Crippen LogP contribution is 2.14. The summed E-state index contributed by atoms with van der Waals surface area (Å²) >= 11 is 5.06. The minimum Gasteiger partial charge on any atom is -0.491 e. The number of carbonyl (C=O) groups excluding carboxylic acids is 1. The standard InChI is InChI=1S/C16H24N2O3S/c1-4-11(3)21-14-8-6-12(7-9-14)15(20)18-16(22)17-13(5-2)10-19/h6-9,11,13,19H,4-5,10H2,1-3H3,(H2,17,18,20,22). The summed E-state index contributed by atoms with van der Waals surface area (Å²) in [6.07, 6.45) is 1.78. The summed E-state index contributed by atoms with van der Waals surface area (Å²) in [4.78, 5) is 12.1. The number of amides is 1. The van der Waals surface area contributed by atoms with Crippen molar-refractivity contribution in [2.45, 2.75) is 45.8 Å². The van der Waals surface area contributed by atoms with Gasteiger partial charge in [-0.05, 0) is 56.2 Å². The van der Waals surface area contributed by atoms with E-state index >= 15 is 0 Å². The maximum atomic E-state index is 12.1. The Hall–Kier alpha value is -1.66. The molecule has 0 radical (unpaired) electrons. The van der Waals surface area contributed by atoms with E-state index in [0.29, 0.717) is 12.0 Å². The zero-order valence-electron chi connectivity index (χ0n) is 13.3. The van der Waals surface area contributed by atoms with E-state index in [-0.39, 0.29) is 29.8 Å². The van der Waals surface area contributed by atoms with Crippen molar-refractivity contribution in [2.75, 3.05) is 6.61 Å². The SMILES string of the molecule is CCC(CO)NC(=S)NC(=O)c1ccc(OC(C)CC)cc1. The fourth-order valence-corrected chi connectivity index (χ4v) is 1.93. The second kappa shape index (κ2) is 9.38. The summed E-state index contributed by atoms with van der Waals surface area (Å²) in [7, 11) is 0. The maximum absolute atomic E-state index is 12.1. The number of rotatable bonds is 7. The molecule has 0 spiro atoms. The van der Waals surface area contributed by atoms with E-state index in [2.05, 4.69) is 17.6 Å². The number of aliphatic hydroxyl groups excluding tert-OH is 1. The lowest BCUT2D eigenvalue weighted by Gasteiger charge is -2.16. The smallest absolute Gasteiger partial charge is 0.257 e. The van der Waals surface area contributed by atoms with Crippen LogP contribution in [0.5, 0.6) is 5.75 Å². The van der Waals surface area contributed by atoms with Gasteiger partial charge in [0.05, 0.1) is 18.8 Å². The maximum Gasteiger partial charge on any atom is 0.257 e. The second-order valence-corrected chi connectivity index (χ2v) is 5.48. The molecule has 0 heterocycles. The van der Waals surface area contributed by atoms with E-state index in [1.807, 2.05) is 13.8 Å². The van der Waals surface area contributed by atoms with Crippen molar-refractivity contribution < 1.29 is 14.6 Å². The van der Waals surface area contributed by atoms with Crippen LogP contribution in [0.4, 0.5) is 0 Å². The Morgan fingerprint density at radius 1 is 1.27 bits per heavy atom. The van der Waals surface area contributed by atoms with Crippen LogP contribution in [0.2, 0.25) is 0 Å². The summed E-state index contributed by atoms with van der Waals surface area (Å²) in [5, 5.41) is 14.8. The molecule has 0 aromatic heterocycles. The Morgan fingerprint density at radius 2 is 1.91 bits per heavy atom. The molecule has 0 aliphatic rings. The minimum atomic E-state index is -0.291. The van der Waals surface area contributed by atoms with Crippen LogP contribution in [0.3, 0.4) is 0 Å². The molecule has 3 N–H and O–H groups in total. The van der Waals surface area contributed by atoms with Gasteiger partial charge in [-0.3, -0.25) is 10.1 Å². The van der Waals surface area contributed by atoms with Crippen molar-refractivity contribution in [1.29, 1.82) is 0 Å². The van der Waals surface area contributed by atoms with Crippen LogP contribution >= 0.6 is 12.2 Å². The quantitative estimate of drug-likeness (QED) is 0.671. The predicted molar refractivity (Wildman–Crippen MR) is 91.2 cm³/mol. The number of benzene rings is 1. The number of nitrogens with one attached hydrogen (secondary N) is 2. The Kier molecular flexibility index (Phi) is 7.84. The van der Waals surface area contributed by atoms with Crippen molar-refractivity contribution in [3.05, 3.63) is 29.8 Å². The lowest BCUT2D eigenvalue weighted by Crippen LogP contribution is -2.45. The highest BCUT2D eigenvalue weighted by molar-refractivity contribution is 7.80. The van der Waals surface area contributed by atoms with Crippen LogP contribution in [0.25, 0.3) is 0 Å². The largest absolute Gasteiger partial charge is 0.491 e. The van der Waals surface area contributed by atoms with E-state index in [1.54, 1.807) is 24.3 Å². The van der Waals surface area contributed by atoms with Gasteiger partial charge in [0.1, 0.15) is 5.75 Å². The van der Waals surface area contributed by atoms with Gasteiger partial charge in [-0.2, -0.15) is 0 Å². The Morgan fingerprint density at radius 3 is 2.41 bits per heavy atom. The number of hydrogen-bond acceptors (Lipinski definition) is 4. The van der Waals surface area contributed by atoms with Crippen LogP contribution in [-0.2, 0) is 0 Å². The van der Waals surface area contributed by atoms with Crippen molar-refractivity contribution >= 4 is 23.2 Å². The summed E-state index contributed by atoms with van der Waals surface area (Å²) in [6.45, 7) is 5.94. The van der Waals surface area contributed by atoms with E-state index in [4.69, 9.17) is 22.1 Å². The normalized spacial score (nSPS) is 13.1. The van der Waals surface area contributed by atoms with Gasteiger partial charge in [0.15, 0.2) is 5.11 Å². The molecule has 1 aromatic rings. The fourth-order valence-electron chi connectivity index (χ4n) is 1.67. The lowest BCUT2D eigenvalue weighted by atomic mass is 10.2. The summed E-state index contributed by atoms with van der Waals surface area (Å²) in [6, 6.07) is 6.76. The Balaban J connectivity index is 2.57. The molecule has 0 bridgehead atoms. The van der Waals surface area contributed by atoms with Gasteiger partial charge in [0.25, 0.3) is 5.91 Å². The third kappa shape index (κ3) is 5.99. The number of thiocarbonyl (C=S) groups is 1. The monoisotopic (exact) mass is 324 g/mol. The number of ether oxygens (including phenoxy) is 1. The highest BCUT2D eigenvalue weighted by atomic mass is 32.1. The molecule has 1 amide bonds. The first-order chi connectivity index (χ1) is 10.5.